The van der Waals surface area contributed by atoms with Crippen molar-refractivity contribution in [3.8, 4) is 6.07 Å². The third kappa shape index (κ3) is 3.71. The molecule has 1 heterocycles. The van der Waals surface area contributed by atoms with Gasteiger partial charge in [0, 0.05) is 0 Å². The van der Waals surface area contributed by atoms with Crippen LogP contribution in [-0.4, -0.2) is 18.4 Å². The van der Waals surface area contributed by atoms with E-state index in [4.69, 9.17) is 16.9 Å². The average molecular weight is 453 g/mol. The molecular weight excluding hydrogens is 447 g/mol. The minimum atomic E-state index is -3.99. The van der Waals surface area contributed by atoms with Gasteiger partial charge in [0.15, 0.2) is 10.4 Å². The molecule has 0 amide bonds. The van der Waals surface area contributed by atoms with Gasteiger partial charge in [-0.05, 0) is 50.1 Å². The lowest BCUT2D eigenvalue weighted by Gasteiger charge is -2.10. The maximum atomic E-state index is 12.3. The van der Waals surface area contributed by atoms with Crippen molar-refractivity contribution in [2.45, 2.75) is 4.90 Å². The number of aromatic nitrogens is 2. The molecule has 2 rings (SSSR count). The molecule has 2 aromatic rings. The van der Waals surface area contributed by atoms with Crippen molar-refractivity contribution in [1.82, 2.24) is 9.97 Å². The van der Waals surface area contributed by atoms with Crippen molar-refractivity contribution in [2.75, 3.05) is 4.72 Å². The number of benzene rings is 1. The summed E-state index contributed by atoms with van der Waals surface area (Å²) >= 11 is 12.1. The number of nitriles is 1. The summed E-state index contributed by atoms with van der Waals surface area (Å²) in [5.41, 5.74) is 0.181. The first-order valence-corrected chi connectivity index (χ1v) is 8.68. The molecule has 0 aliphatic heterocycles. The molecule has 0 atom stereocenters. The third-order valence-corrected chi connectivity index (χ3v) is 5.04. The summed E-state index contributed by atoms with van der Waals surface area (Å²) in [6.07, 6.45) is 1.34. The topological polar surface area (TPSA) is 95.7 Å². The first-order chi connectivity index (χ1) is 9.83. The van der Waals surface area contributed by atoms with E-state index in [9.17, 15) is 8.42 Å². The molecule has 0 radical (unpaired) electrons. The summed E-state index contributed by atoms with van der Waals surface area (Å²) in [6, 6.07) is 5.81. The predicted molar refractivity (Wildman–Crippen MR) is 84.4 cm³/mol. The van der Waals surface area contributed by atoms with Crippen molar-refractivity contribution >= 4 is 59.3 Å². The van der Waals surface area contributed by atoms with Crippen LogP contribution in [0.15, 0.2) is 38.5 Å². The highest BCUT2D eigenvalue weighted by atomic mass is 79.9. The zero-order valence-electron chi connectivity index (χ0n) is 10.0. The lowest BCUT2D eigenvalue weighted by molar-refractivity contribution is 0.601. The summed E-state index contributed by atoms with van der Waals surface area (Å²) in [5.74, 6) is 0.0108. The predicted octanol–water partition coefficient (Wildman–Crippen LogP) is 3.33. The van der Waals surface area contributed by atoms with Crippen molar-refractivity contribution in [2.24, 2.45) is 0 Å². The minimum absolute atomic E-state index is 0.00249. The van der Waals surface area contributed by atoms with Crippen LogP contribution in [0, 0.1) is 11.3 Å². The molecule has 10 heteroatoms. The molecule has 108 valence electrons. The SMILES string of the molecule is N#Cc1ccc(Cl)c(S(=O)(=O)Nc2ncc(Br)nc2Br)c1. The van der Waals surface area contributed by atoms with E-state index in [1.54, 1.807) is 0 Å². The van der Waals surface area contributed by atoms with Crippen molar-refractivity contribution in [3.63, 3.8) is 0 Å². The van der Waals surface area contributed by atoms with E-state index in [1.165, 1.54) is 24.4 Å². The number of sulfonamides is 1. The Balaban J connectivity index is 2.46. The lowest BCUT2D eigenvalue weighted by Crippen LogP contribution is -2.15. The van der Waals surface area contributed by atoms with Crippen LogP contribution in [0.3, 0.4) is 0 Å². The molecule has 0 spiro atoms. The zero-order valence-corrected chi connectivity index (χ0v) is 14.8. The monoisotopic (exact) mass is 450 g/mol. The van der Waals surface area contributed by atoms with Crippen molar-refractivity contribution < 1.29 is 8.42 Å². The van der Waals surface area contributed by atoms with Crippen LogP contribution < -0.4 is 4.72 Å². The molecule has 1 aromatic carbocycles. The maximum Gasteiger partial charge on any atom is 0.264 e. The molecule has 0 aliphatic carbocycles. The van der Waals surface area contributed by atoms with Gasteiger partial charge in [0.25, 0.3) is 10.0 Å². The largest absolute Gasteiger partial charge is 0.264 e. The van der Waals surface area contributed by atoms with Gasteiger partial charge in [-0.3, -0.25) is 4.72 Å². The highest BCUT2D eigenvalue weighted by molar-refractivity contribution is 9.11. The van der Waals surface area contributed by atoms with Gasteiger partial charge in [-0.2, -0.15) is 5.26 Å². The van der Waals surface area contributed by atoms with Crippen LogP contribution in [-0.2, 0) is 10.0 Å². The molecule has 1 aromatic heterocycles. The highest BCUT2D eigenvalue weighted by Crippen LogP contribution is 2.27. The van der Waals surface area contributed by atoms with Gasteiger partial charge in [-0.25, -0.2) is 18.4 Å². The van der Waals surface area contributed by atoms with E-state index in [0.717, 1.165) is 0 Å². The first-order valence-electron chi connectivity index (χ1n) is 5.24. The Labute approximate surface area is 142 Å². The Hall–Kier alpha value is -1.21. The first kappa shape index (κ1) is 16.2. The molecule has 0 saturated heterocycles. The minimum Gasteiger partial charge on any atom is -0.261 e. The number of rotatable bonds is 3. The fourth-order valence-corrected chi connectivity index (χ4v) is 3.96. The Morgan fingerprint density at radius 2 is 2.05 bits per heavy atom. The fourth-order valence-electron chi connectivity index (χ4n) is 1.38. The molecule has 21 heavy (non-hydrogen) atoms. The second kappa shape index (κ2) is 6.27. The number of nitrogens with one attached hydrogen (secondary N) is 1. The Morgan fingerprint density at radius 3 is 2.67 bits per heavy atom. The summed E-state index contributed by atoms with van der Waals surface area (Å²) in [7, 11) is -3.99. The van der Waals surface area contributed by atoms with Crippen LogP contribution >= 0.6 is 43.5 Å². The molecule has 1 N–H and O–H groups in total. The smallest absolute Gasteiger partial charge is 0.261 e. The Bertz CT molecular complexity index is 852. The summed E-state index contributed by atoms with van der Waals surface area (Å²) in [6.45, 7) is 0. The van der Waals surface area contributed by atoms with E-state index in [1.807, 2.05) is 6.07 Å². The average Bonchev–Trinajstić information content (AvgIpc) is 2.42. The normalized spacial score (nSPS) is 11.0. The number of halogens is 3. The number of hydrogen-bond acceptors (Lipinski definition) is 5. The highest BCUT2D eigenvalue weighted by Gasteiger charge is 2.21. The van der Waals surface area contributed by atoms with E-state index in [2.05, 4.69) is 46.5 Å². The van der Waals surface area contributed by atoms with Crippen LogP contribution in [0.5, 0.6) is 0 Å². The maximum absolute atomic E-state index is 12.3. The number of anilines is 1. The van der Waals surface area contributed by atoms with Gasteiger partial charge < -0.3 is 0 Å². The number of hydrogen-bond donors (Lipinski definition) is 1. The Morgan fingerprint density at radius 1 is 1.33 bits per heavy atom. The summed E-state index contributed by atoms with van der Waals surface area (Å²) in [5, 5.41) is 8.84. The quantitative estimate of drug-likeness (QED) is 0.771. The van der Waals surface area contributed by atoms with Crippen LogP contribution in [0.25, 0.3) is 0 Å². The van der Waals surface area contributed by atoms with Gasteiger partial charge in [-0.15, -0.1) is 0 Å². The van der Waals surface area contributed by atoms with E-state index < -0.39 is 10.0 Å². The van der Waals surface area contributed by atoms with Crippen LogP contribution in [0.4, 0.5) is 5.82 Å². The Kier molecular flexibility index (Phi) is 4.83. The van der Waals surface area contributed by atoms with Crippen LogP contribution in [0.1, 0.15) is 5.56 Å². The second-order valence-electron chi connectivity index (χ2n) is 3.69. The molecule has 0 fully saturated rings. The molecule has 0 unspecified atom stereocenters. The molecular formula is C11H5Br2ClN4O2S. The van der Waals surface area contributed by atoms with Gasteiger partial charge in [0.1, 0.15) is 9.50 Å². The molecule has 0 saturated carbocycles. The summed E-state index contributed by atoms with van der Waals surface area (Å²) < 4.78 is 27.6. The van der Waals surface area contributed by atoms with E-state index >= 15 is 0 Å². The molecule has 6 nitrogen and oxygen atoms in total. The van der Waals surface area contributed by atoms with Gasteiger partial charge >= 0.3 is 0 Å². The number of nitrogens with zero attached hydrogens (tertiary/aromatic N) is 3. The molecule has 0 aliphatic rings. The van der Waals surface area contributed by atoms with Crippen LogP contribution in [0.2, 0.25) is 5.02 Å². The van der Waals surface area contributed by atoms with Gasteiger partial charge in [0.2, 0.25) is 0 Å². The fraction of sp³-hybridized carbons (Fsp3) is 0. The van der Waals surface area contributed by atoms with Gasteiger partial charge in [-0.1, -0.05) is 11.6 Å². The van der Waals surface area contributed by atoms with Crippen molar-refractivity contribution in [1.29, 1.82) is 5.26 Å². The molecule has 0 bridgehead atoms. The lowest BCUT2D eigenvalue weighted by atomic mass is 10.2. The van der Waals surface area contributed by atoms with Gasteiger partial charge in [0.05, 0.1) is 22.9 Å². The zero-order chi connectivity index (χ0) is 15.6. The summed E-state index contributed by atoms with van der Waals surface area (Å²) in [4.78, 5) is 7.66. The third-order valence-electron chi connectivity index (χ3n) is 2.28. The van der Waals surface area contributed by atoms with E-state index in [-0.39, 0.29) is 25.9 Å². The van der Waals surface area contributed by atoms with Crippen molar-refractivity contribution in [3.05, 3.63) is 44.2 Å². The second-order valence-corrected chi connectivity index (χ2v) is 7.32. The van der Waals surface area contributed by atoms with E-state index in [0.29, 0.717) is 4.60 Å². The standard InChI is InChI=1S/C11H5Br2ClN4O2S/c12-9-5-16-11(10(13)17-9)18-21(19,20)8-3-6(4-15)1-2-7(8)14/h1-3,5H,(H,16,18).